The predicted molar refractivity (Wildman–Crippen MR) is 129 cm³/mol. The number of aliphatic hydroxyl groups excluding tert-OH is 2. The molecule has 0 saturated carbocycles. The van der Waals surface area contributed by atoms with Crippen molar-refractivity contribution in [1.29, 1.82) is 0 Å². The van der Waals surface area contributed by atoms with Crippen LogP contribution in [0.15, 0.2) is 24.3 Å². The normalized spacial score (nSPS) is 13.9. The van der Waals surface area contributed by atoms with Crippen LogP contribution >= 0.6 is 0 Å². The molecule has 0 spiro atoms. The Bertz CT molecular complexity index is 434. The molecule has 2 atom stereocenters. The minimum absolute atomic E-state index is 0.0587. The summed E-state index contributed by atoms with van der Waals surface area (Å²) < 4.78 is 0. The van der Waals surface area contributed by atoms with Gasteiger partial charge in [0.25, 0.3) is 0 Å². The van der Waals surface area contributed by atoms with Gasteiger partial charge in [0, 0.05) is 6.42 Å². The quantitative estimate of drug-likeness (QED) is 0.152. The first-order valence-corrected chi connectivity index (χ1v) is 12.5. The number of rotatable bonds is 21. The molecule has 0 fully saturated rings. The molecule has 2 unspecified atom stereocenters. The minimum Gasteiger partial charge on any atom is -0.394 e. The van der Waals surface area contributed by atoms with Gasteiger partial charge in [-0.15, -0.1) is 0 Å². The Balaban J connectivity index is 3.64. The third-order valence-electron chi connectivity index (χ3n) is 5.47. The predicted octanol–water partition coefficient (Wildman–Crippen LogP) is 6.22. The van der Waals surface area contributed by atoms with Crippen LogP contribution in [0.2, 0.25) is 0 Å². The van der Waals surface area contributed by atoms with E-state index in [1.807, 2.05) is 0 Å². The first-order valence-electron chi connectivity index (χ1n) is 12.5. The first kappa shape index (κ1) is 28.9. The summed E-state index contributed by atoms with van der Waals surface area (Å²) >= 11 is 0. The van der Waals surface area contributed by atoms with Gasteiger partial charge in [-0.25, -0.2) is 0 Å². The van der Waals surface area contributed by atoms with Gasteiger partial charge < -0.3 is 15.5 Å². The van der Waals surface area contributed by atoms with Gasteiger partial charge in [-0.3, -0.25) is 4.79 Å². The minimum atomic E-state index is -0.657. The molecular weight excluding hydrogens is 374 g/mol. The zero-order valence-corrected chi connectivity index (χ0v) is 19.8. The number of unbranched alkanes of at least 4 members (excludes halogenated alkanes) is 10. The van der Waals surface area contributed by atoms with Crippen molar-refractivity contribution in [3.8, 4) is 0 Å². The summed E-state index contributed by atoms with van der Waals surface area (Å²) in [5, 5.41) is 22.4. The maximum Gasteiger partial charge on any atom is 0.220 e. The molecule has 0 radical (unpaired) electrons. The Kier molecular flexibility index (Phi) is 21.7. The Morgan fingerprint density at radius 3 is 2.07 bits per heavy atom. The molecule has 0 aromatic rings. The number of amides is 1. The second-order valence-corrected chi connectivity index (χ2v) is 8.40. The van der Waals surface area contributed by atoms with Crippen LogP contribution in [0.5, 0.6) is 0 Å². The highest BCUT2D eigenvalue weighted by molar-refractivity contribution is 5.76. The van der Waals surface area contributed by atoms with E-state index in [-0.39, 0.29) is 12.5 Å². The summed E-state index contributed by atoms with van der Waals surface area (Å²) in [7, 11) is 0. The molecular formula is C26H49NO3. The lowest BCUT2D eigenvalue weighted by Crippen LogP contribution is -2.45. The fourth-order valence-corrected chi connectivity index (χ4v) is 3.43. The average molecular weight is 424 g/mol. The van der Waals surface area contributed by atoms with Gasteiger partial charge in [-0.05, 0) is 38.5 Å². The van der Waals surface area contributed by atoms with Crippen LogP contribution in [0.1, 0.15) is 117 Å². The second kappa shape index (κ2) is 22.6. The highest BCUT2D eigenvalue weighted by atomic mass is 16.3. The van der Waals surface area contributed by atoms with Gasteiger partial charge in [0.15, 0.2) is 0 Å². The molecule has 0 bridgehead atoms. The molecule has 1 amide bonds. The lowest BCUT2D eigenvalue weighted by Gasteiger charge is -2.22. The number of hydrogen-bond acceptors (Lipinski definition) is 3. The largest absolute Gasteiger partial charge is 0.394 e. The molecule has 0 aliphatic heterocycles. The summed E-state index contributed by atoms with van der Waals surface area (Å²) in [6, 6.07) is -0.535. The van der Waals surface area contributed by atoms with E-state index in [0.29, 0.717) is 12.8 Å². The van der Waals surface area contributed by atoms with Crippen LogP contribution in [-0.2, 0) is 4.79 Å². The average Bonchev–Trinajstić information content (AvgIpc) is 2.75. The highest BCUT2D eigenvalue weighted by Crippen LogP contribution is 2.10. The van der Waals surface area contributed by atoms with Gasteiger partial charge in [-0.1, -0.05) is 95.9 Å². The van der Waals surface area contributed by atoms with Crippen molar-refractivity contribution >= 4 is 5.91 Å². The van der Waals surface area contributed by atoms with Crippen LogP contribution in [0.25, 0.3) is 0 Å². The van der Waals surface area contributed by atoms with E-state index in [0.717, 1.165) is 57.8 Å². The van der Waals surface area contributed by atoms with Gasteiger partial charge in [0.2, 0.25) is 5.91 Å². The van der Waals surface area contributed by atoms with Crippen LogP contribution < -0.4 is 5.32 Å². The Labute approximate surface area is 186 Å². The molecule has 30 heavy (non-hydrogen) atoms. The van der Waals surface area contributed by atoms with Gasteiger partial charge in [0.1, 0.15) is 0 Å². The number of carbonyl (C=O) groups is 1. The molecule has 4 heteroatoms. The summed E-state index contributed by atoms with van der Waals surface area (Å²) in [5.41, 5.74) is 0. The number of aliphatic hydroxyl groups is 2. The Morgan fingerprint density at radius 1 is 0.800 bits per heavy atom. The van der Waals surface area contributed by atoms with Crippen molar-refractivity contribution < 1.29 is 15.0 Å². The molecule has 176 valence electrons. The molecule has 0 aromatic carbocycles. The number of carbonyl (C=O) groups excluding carboxylic acids is 1. The lowest BCUT2D eigenvalue weighted by molar-refractivity contribution is -0.123. The number of nitrogens with one attached hydrogen (secondary N) is 1. The standard InChI is InChI=1S/C26H49NO3/c1-3-5-7-9-10-11-12-13-14-15-16-17-18-20-22-26(30)27-24(23-28)25(29)21-19-8-6-4-2/h9-10,12-13,24-25,28-29H,3-8,11,14-23H2,1-2H3,(H,27,30)/b10-9-,13-12-. The maximum absolute atomic E-state index is 12.1. The van der Waals surface area contributed by atoms with Crippen molar-refractivity contribution in [2.24, 2.45) is 0 Å². The van der Waals surface area contributed by atoms with Gasteiger partial charge in [-0.2, -0.15) is 0 Å². The van der Waals surface area contributed by atoms with Crippen LogP contribution in [0.4, 0.5) is 0 Å². The van der Waals surface area contributed by atoms with Gasteiger partial charge in [0.05, 0.1) is 18.8 Å². The molecule has 0 heterocycles. The van der Waals surface area contributed by atoms with Crippen molar-refractivity contribution in [3.05, 3.63) is 24.3 Å². The topological polar surface area (TPSA) is 69.6 Å². The van der Waals surface area contributed by atoms with E-state index in [1.165, 1.54) is 32.1 Å². The van der Waals surface area contributed by atoms with E-state index in [4.69, 9.17) is 0 Å². The van der Waals surface area contributed by atoms with Gasteiger partial charge >= 0.3 is 0 Å². The fraction of sp³-hybridized carbons (Fsp3) is 0.808. The molecule has 3 N–H and O–H groups in total. The summed E-state index contributed by atoms with van der Waals surface area (Å²) in [6.07, 6.45) is 25.3. The molecule has 4 nitrogen and oxygen atoms in total. The molecule has 0 rings (SSSR count). The van der Waals surface area contributed by atoms with Crippen molar-refractivity contribution in [2.75, 3.05) is 6.61 Å². The zero-order valence-electron chi connectivity index (χ0n) is 19.8. The van der Waals surface area contributed by atoms with E-state index < -0.39 is 12.1 Å². The van der Waals surface area contributed by atoms with Crippen molar-refractivity contribution in [3.63, 3.8) is 0 Å². The van der Waals surface area contributed by atoms with E-state index in [1.54, 1.807) is 0 Å². The summed E-state index contributed by atoms with van der Waals surface area (Å²) in [4.78, 5) is 12.1. The van der Waals surface area contributed by atoms with Crippen molar-refractivity contribution in [2.45, 2.75) is 129 Å². The maximum atomic E-state index is 12.1. The second-order valence-electron chi connectivity index (χ2n) is 8.40. The molecule has 0 aromatic heterocycles. The fourth-order valence-electron chi connectivity index (χ4n) is 3.43. The Morgan fingerprint density at radius 2 is 1.40 bits per heavy atom. The first-order chi connectivity index (χ1) is 14.7. The van der Waals surface area contributed by atoms with E-state index in [2.05, 4.69) is 43.5 Å². The zero-order chi connectivity index (χ0) is 22.3. The smallest absolute Gasteiger partial charge is 0.220 e. The van der Waals surface area contributed by atoms with Crippen LogP contribution in [0, 0.1) is 0 Å². The van der Waals surface area contributed by atoms with E-state index >= 15 is 0 Å². The Hall–Kier alpha value is -1.13. The lowest BCUT2D eigenvalue weighted by atomic mass is 10.0. The highest BCUT2D eigenvalue weighted by Gasteiger charge is 2.19. The SMILES string of the molecule is CCCC/C=C\C/C=C\CCCCCCCC(=O)NC(CO)C(O)CCCCCC. The van der Waals surface area contributed by atoms with Crippen LogP contribution in [0.3, 0.4) is 0 Å². The molecule has 0 aliphatic rings. The van der Waals surface area contributed by atoms with E-state index in [9.17, 15) is 15.0 Å². The molecule has 0 saturated heterocycles. The monoisotopic (exact) mass is 423 g/mol. The molecule has 0 aliphatic carbocycles. The third kappa shape index (κ3) is 18.9. The number of hydrogen-bond donors (Lipinski definition) is 3. The number of allylic oxidation sites excluding steroid dienone is 4. The van der Waals surface area contributed by atoms with Crippen LogP contribution in [-0.4, -0.2) is 34.9 Å². The van der Waals surface area contributed by atoms with Crippen molar-refractivity contribution in [1.82, 2.24) is 5.32 Å². The summed E-state index contributed by atoms with van der Waals surface area (Å²) in [6.45, 7) is 4.17. The third-order valence-corrected chi connectivity index (χ3v) is 5.47. The summed E-state index contributed by atoms with van der Waals surface area (Å²) in [5.74, 6) is -0.0587.